The van der Waals surface area contributed by atoms with E-state index < -0.39 is 0 Å². The predicted octanol–water partition coefficient (Wildman–Crippen LogP) is 3.54. The Labute approximate surface area is 153 Å². The van der Waals surface area contributed by atoms with Crippen LogP contribution in [0.5, 0.6) is 5.75 Å². The molecule has 1 aromatic heterocycles. The number of nitrogens with one attached hydrogen (secondary N) is 1. The number of hydrogen-bond acceptors (Lipinski definition) is 5. The number of ether oxygens (including phenoxy) is 1. The molecule has 0 spiro atoms. The maximum absolute atomic E-state index is 12.4. The van der Waals surface area contributed by atoms with Gasteiger partial charge in [0.15, 0.2) is 5.82 Å². The lowest BCUT2D eigenvalue weighted by atomic mass is 10.2. The lowest BCUT2D eigenvalue weighted by Gasteiger charge is -2.12. The number of aromatic nitrogens is 4. The number of benzene rings is 2. The maximum Gasteiger partial charge on any atom is 0.255 e. The van der Waals surface area contributed by atoms with Gasteiger partial charge in [0.05, 0.1) is 17.2 Å². The van der Waals surface area contributed by atoms with Crippen LogP contribution < -0.4 is 10.1 Å². The molecular weight excluding hydrogens is 365 g/mol. The van der Waals surface area contributed by atoms with Crippen LogP contribution in [-0.4, -0.2) is 33.2 Å². The van der Waals surface area contributed by atoms with Crippen molar-refractivity contribution in [3.8, 4) is 11.4 Å². The summed E-state index contributed by atoms with van der Waals surface area (Å²) < 4.78 is 6.86. The number of carbonyl (C=O) groups is 1. The van der Waals surface area contributed by atoms with Crippen LogP contribution >= 0.6 is 23.2 Å². The van der Waals surface area contributed by atoms with E-state index in [0.29, 0.717) is 38.6 Å². The fourth-order valence-corrected chi connectivity index (χ4v) is 2.53. The summed E-state index contributed by atoms with van der Waals surface area (Å²) >= 11 is 11.8. The second-order valence-corrected chi connectivity index (χ2v) is 5.92. The van der Waals surface area contributed by atoms with Crippen molar-refractivity contribution in [2.45, 2.75) is 6.92 Å². The molecule has 0 fully saturated rings. The van der Waals surface area contributed by atoms with Crippen molar-refractivity contribution in [2.75, 3.05) is 12.4 Å². The van der Waals surface area contributed by atoms with Crippen LogP contribution in [-0.2, 0) is 0 Å². The van der Waals surface area contributed by atoms with Gasteiger partial charge in [-0.25, -0.2) is 0 Å². The minimum Gasteiger partial charge on any atom is -0.494 e. The topological polar surface area (TPSA) is 81.9 Å². The van der Waals surface area contributed by atoms with E-state index in [2.05, 4.69) is 20.8 Å². The SMILES string of the molecule is COc1ccc(NC(=O)c2ccc(Cl)c(Cl)c2)cc1-n1nnnc1C. The van der Waals surface area contributed by atoms with E-state index in [4.69, 9.17) is 27.9 Å². The zero-order chi connectivity index (χ0) is 18.0. The van der Waals surface area contributed by atoms with Gasteiger partial charge in [-0.3, -0.25) is 4.79 Å². The highest BCUT2D eigenvalue weighted by molar-refractivity contribution is 6.42. The monoisotopic (exact) mass is 377 g/mol. The van der Waals surface area contributed by atoms with Gasteiger partial charge in [0.2, 0.25) is 0 Å². The molecule has 25 heavy (non-hydrogen) atoms. The van der Waals surface area contributed by atoms with Crippen molar-refractivity contribution in [2.24, 2.45) is 0 Å². The Morgan fingerprint density at radius 2 is 1.96 bits per heavy atom. The standard InChI is InChI=1S/C16H13Cl2N5O2/c1-9-20-21-22-23(9)14-8-11(4-6-15(14)25-2)19-16(24)10-3-5-12(17)13(18)7-10/h3-8H,1-2H3,(H,19,24). The molecule has 0 saturated carbocycles. The van der Waals surface area contributed by atoms with E-state index in [-0.39, 0.29) is 5.91 Å². The Morgan fingerprint density at radius 1 is 1.16 bits per heavy atom. The number of hydrogen-bond donors (Lipinski definition) is 1. The first-order valence-electron chi connectivity index (χ1n) is 7.19. The summed E-state index contributed by atoms with van der Waals surface area (Å²) in [6.45, 7) is 1.76. The summed E-state index contributed by atoms with van der Waals surface area (Å²) in [7, 11) is 1.55. The molecule has 0 aliphatic heterocycles. The lowest BCUT2D eigenvalue weighted by molar-refractivity contribution is 0.102. The van der Waals surface area contributed by atoms with E-state index in [9.17, 15) is 4.79 Å². The summed E-state index contributed by atoms with van der Waals surface area (Å²) in [6, 6.07) is 9.84. The van der Waals surface area contributed by atoms with Gasteiger partial charge in [-0.05, 0) is 53.7 Å². The zero-order valence-electron chi connectivity index (χ0n) is 13.3. The number of halogens is 2. The van der Waals surface area contributed by atoms with Crippen LogP contribution in [0.4, 0.5) is 5.69 Å². The maximum atomic E-state index is 12.4. The van der Waals surface area contributed by atoms with Crippen LogP contribution in [0.2, 0.25) is 10.0 Å². The number of rotatable bonds is 4. The van der Waals surface area contributed by atoms with Gasteiger partial charge in [-0.15, -0.1) is 5.10 Å². The summed E-state index contributed by atoms with van der Waals surface area (Å²) in [5, 5.41) is 14.9. The summed E-state index contributed by atoms with van der Waals surface area (Å²) in [5.41, 5.74) is 1.56. The number of tetrazole rings is 1. The van der Waals surface area contributed by atoms with E-state index in [1.807, 2.05) is 0 Å². The first-order valence-corrected chi connectivity index (χ1v) is 7.95. The highest BCUT2D eigenvalue weighted by Crippen LogP contribution is 2.27. The third kappa shape index (κ3) is 3.57. The number of methoxy groups -OCH3 is 1. The predicted molar refractivity (Wildman–Crippen MR) is 94.9 cm³/mol. The van der Waals surface area contributed by atoms with Crippen molar-refractivity contribution in [3.63, 3.8) is 0 Å². The smallest absolute Gasteiger partial charge is 0.255 e. The van der Waals surface area contributed by atoms with Gasteiger partial charge < -0.3 is 10.1 Å². The number of aryl methyl sites for hydroxylation is 1. The van der Waals surface area contributed by atoms with Crippen molar-refractivity contribution >= 4 is 34.8 Å². The second-order valence-electron chi connectivity index (χ2n) is 5.11. The molecule has 3 aromatic rings. The Balaban J connectivity index is 1.91. The highest BCUT2D eigenvalue weighted by atomic mass is 35.5. The largest absolute Gasteiger partial charge is 0.494 e. The molecule has 7 nitrogen and oxygen atoms in total. The van der Waals surface area contributed by atoms with Crippen LogP contribution in [0, 0.1) is 6.92 Å². The fourth-order valence-electron chi connectivity index (χ4n) is 2.23. The van der Waals surface area contributed by atoms with E-state index in [0.717, 1.165) is 0 Å². The second kappa shape index (κ2) is 7.08. The number of carbonyl (C=O) groups excluding carboxylic acids is 1. The number of amides is 1. The van der Waals surface area contributed by atoms with Gasteiger partial charge in [-0.1, -0.05) is 23.2 Å². The number of nitrogens with zero attached hydrogens (tertiary/aromatic N) is 4. The minimum absolute atomic E-state index is 0.314. The molecule has 128 valence electrons. The van der Waals surface area contributed by atoms with Crippen LogP contribution in [0.1, 0.15) is 16.2 Å². The third-order valence-corrected chi connectivity index (χ3v) is 4.21. The Hall–Kier alpha value is -2.64. The lowest BCUT2D eigenvalue weighted by Crippen LogP contribution is -2.12. The van der Waals surface area contributed by atoms with Crippen molar-refractivity contribution < 1.29 is 9.53 Å². The normalized spacial score (nSPS) is 10.6. The summed E-state index contributed by atoms with van der Waals surface area (Å²) in [4.78, 5) is 12.4. The van der Waals surface area contributed by atoms with E-state index >= 15 is 0 Å². The zero-order valence-corrected chi connectivity index (χ0v) is 14.8. The third-order valence-electron chi connectivity index (χ3n) is 3.47. The molecule has 9 heteroatoms. The van der Waals surface area contributed by atoms with E-state index in [1.165, 1.54) is 10.7 Å². The van der Waals surface area contributed by atoms with Crippen LogP contribution in [0.3, 0.4) is 0 Å². The van der Waals surface area contributed by atoms with Crippen molar-refractivity contribution in [3.05, 3.63) is 57.8 Å². The average molecular weight is 378 g/mol. The Bertz CT molecular complexity index is 942. The molecule has 0 radical (unpaired) electrons. The van der Waals surface area contributed by atoms with Gasteiger partial charge in [0.25, 0.3) is 5.91 Å². The molecule has 0 unspecified atom stereocenters. The molecule has 1 N–H and O–H groups in total. The first kappa shape index (κ1) is 17.2. The van der Waals surface area contributed by atoms with Crippen LogP contribution in [0.15, 0.2) is 36.4 Å². The Kier molecular flexibility index (Phi) is 4.87. The number of anilines is 1. The molecule has 0 saturated heterocycles. The van der Waals surface area contributed by atoms with Gasteiger partial charge in [-0.2, -0.15) is 4.68 Å². The van der Waals surface area contributed by atoms with Gasteiger partial charge >= 0.3 is 0 Å². The van der Waals surface area contributed by atoms with E-state index in [1.54, 1.807) is 44.4 Å². The molecule has 0 aliphatic rings. The first-order chi connectivity index (χ1) is 12.0. The van der Waals surface area contributed by atoms with Gasteiger partial charge in [0, 0.05) is 11.3 Å². The summed E-state index contributed by atoms with van der Waals surface area (Å²) in [5.74, 6) is 0.845. The fraction of sp³-hybridized carbons (Fsp3) is 0.125. The van der Waals surface area contributed by atoms with Gasteiger partial charge in [0.1, 0.15) is 11.4 Å². The molecule has 0 aliphatic carbocycles. The van der Waals surface area contributed by atoms with Crippen LogP contribution in [0.25, 0.3) is 5.69 Å². The van der Waals surface area contributed by atoms with Crippen molar-refractivity contribution in [1.82, 2.24) is 20.2 Å². The minimum atomic E-state index is -0.317. The molecule has 1 amide bonds. The molecular formula is C16H13Cl2N5O2. The molecule has 3 rings (SSSR count). The molecule has 0 bridgehead atoms. The molecule has 2 aromatic carbocycles. The Morgan fingerprint density at radius 3 is 2.60 bits per heavy atom. The molecule has 1 heterocycles. The quantitative estimate of drug-likeness (QED) is 0.751. The van der Waals surface area contributed by atoms with Crippen molar-refractivity contribution in [1.29, 1.82) is 0 Å². The average Bonchev–Trinajstić information content (AvgIpc) is 3.03. The molecule has 0 atom stereocenters. The summed E-state index contributed by atoms with van der Waals surface area (Å²) in [6.07, 6.45) is 0. The highest BCUT2D eigenvalue weighted by Gasteiger charge is 2.13.